The van der Waals surface area contributed by atoms with E-state index in [0.29, 0.717) is 13.0 Å². The number of rotatable bonds is 15. The fourth-order valence-electron chi connectivity index (χ4n) is 3.67. The minimum Gasteiger partial charge on any atom is -0.481 e. The lowest BCUT2D eigenvalue weighted by molar-refractivity contribution is -0.266. The molecule has 15 heteroatoms. The van der Waals surface area contributed by atoms with E-state index in [4.69, 9.17) is 14.6 Å². The maximum atomic E-state index is 12.7. The van der Waals surface area contributed by atoms with Crippen molar-refractivity contribution in [3.05, 3.63) is 0 Å². The van der Waals surface area contributed by atoms with Gasteiger partial charge in [-0.2, -0.15) is 0 Å². The number of aliphatic hydroxyl groups excluding tert-OH is 3. The summed E-state index contributed by atoms with van der Waals surface area (Å²) in [6, 6.07) is -3.55. The maximum absolute atomic E-state index is 12.7. The molecule has 1 saturated heterocycles. The van der Waals surface area contributed by atoms with Gasteiger partial charge in [-0.05, 0) is 26.7 Å². The van der Waals surface area contributed by atoms with Crippen molar-refractivity contribution in [2.24, 2.45) is 0 Å². The topological polar surface area (TPSA) is 233 Å². The van der Waals surface area contributed by atoms with Crippen LogP contribution in [-0.2, 0) is 33.4 Å². The van der Waals surface area contributed by atoms with Crippen LogP contribution in [0.4, 0.5) is 0 Å². The van der Waals surface area contributed by atoms with E-state index in [1.54, 1.807) is 0 Å². The van der Waals surface area contributed by atoms with E-state index in [-0.39, 0.29) is 12.8 Å². The fraction of sp³-hybridized carbons (Fsp3) is 0.783. The molecule has 8 atom stereocenters. The zero-order valence-corrected chi connectivity index (χ0v) is 22.0. The van der Waals surface area contributed by atoms with Gasteiger partial charge in [0.25, 0.3) is 0 Å². The van der Waals surface area contributed by atoms with Crippen LogP contribution in [0, 0.1) is 0 Å². The molecule has 0 aliphatic carbocycles. The van der Waals surface area contributed by atoms with Gasteiger partial charge in [0.2, 0.25) is 23.6 Å². The highest BCUT2D eigenvalue weighted by molar-refractivity contribution is 5.92. The number of carboxylic acids is 1. The van der Waals surface area contributed by atoms with Crippen molar-refractivity contribution in [3.63, 3.8) is 0 Å². The van der Waals surface area contributed by atoms with Gasteiger partial charge >= 0.3 is 5.97 Å². The zero-order chi connectivity index (χ0) is 29.0. The van der Waals surface area contributed by atoms with Crippen LogP contribution >= 0.6 is 0 Å². The van der Waals surface area contributed by atoms with Gasteiger partial charge in [0.1, 0.15) is 42.5 Å². The van der Waals surface area contributed by atoms with Gasteiger partial charge in [-0.3, -0.25) is 24.0 Å². The van der Waals surface area contributed by atoms with E-state index in [1.165, 1.54) is 20.8 Å². The smallest absolute Gasteiger partial charge is 0.303 e. The normalized spacial score (nSPS) is 25.4. The molecule has 218 valence electrons. The van der Waals surface area contributed by atoms with Crippen molar-refractivity contribution in [3.8, 4) is 0 Å². The molecule has 0 saturated carbocycles. The highest BCUT2D eigenvalue weighted by Crippen LogP contribution is 2.23. The predicted octanol–water partition coefficient (Wildman–Crippen LogP) is -2.89. The molecule has 15 nitrogen and oxygen atoms in total. The third-order valence-electron chi connectivity index (χ3n) is 5.83. The summed E-state index contributed by atoms with van der Waals surface area (Å²) in [5, 5.41) is 48.9. The molecule has 8 N–H and O–H groups in total. The van der Waals surface area contributed by atoms with Crippen molar-refractivity contribution < 1.29 is 53.9 Å². The van der Waals surface area contributed by atoms with Gasteiger partial charge in [0.05, 0.1) is 6.61 Å². The van der Waals surface area contributed by atoms with Crippen LogP contribution in [0.3, 0.4) is 0 Å². The Hall–Kier alpha value is -2.85. The first-order valence-corrected chi connectivity index (χ1v) is 12.5. The number of carbonyl (C=O) groups is 5. The molecule has 0 aromatic rings. The summed E-state index contributed by atoms with van der Waals surface area (Å²) in [7, 11) is 0. The summed E-state index contributed by atoms with van der Waals surface area (Å²) in [5.74, 6) is -3.79. The average Bonchev–Trinajstić information content (AvgIpc) is 2.85. The van der Waals surface area contributed by atoms with E-state index in [9.17, 15) is 39.3 Å². The van der Waals surface area contributed by atoms with Crippen molar-refractivity contribution in [1.82, 2.24) is 21.3 Å². The molecule has 0 unspecified atom stereocenters. The second kappa shape index (κ2) is 16.2. The maximum Gasteiger partial charge on any atom is 0.303 e. The predicted molar refractivity (Wildman–Crippen MR) is 130 cm³/mol. The molecular weight excluding hydrogens is 508 g/mol. The largest absolute Gasteiger partial charge is 0.481 e. The lowest BCUT2D eigenvalue weighted by Crippen LogP contribution is -2.65. The second-order valence-corrected chi connectivity index (χ2v) is 9.08. The van der Waals surface area contributed by atoms with Crippen LogP contribution in [0.15, 0.2) is 0 Å². The molecule has 38 heavy (non-hydrogen) atoms. The number of nitrogens with one attached hydrogen (secondary N) is 4. The van der Waals surface area contributed by atoms with E-state index in [2.05, 4.69) is 21.3 Å². The quantitative estimate of drug-likeness (QED) is 0.0967. The lowest BCUT2D eigenvalue weighted by Gasteiger charge is -2.43. The van der Waals surface area contributed by atoms with Gasteiger partial charge < -0.3 is 51.2 Å². The van der Waals surface area contributed by atoms with Crippen LogP contribution in [0.1, 0.15) is 53.4 Å². The first-order chi connectivity index (χ1) is 17.8. The van der Waals surface area contributed by atoms with Gasteiger partial charge in [0, 0.05) is 19.9 Å². The van der Waals surface area contributed by atoms with Crippen molar-refractivity contribution >= 4 is 29.6 Å². The standard InChI is InChI=1S/C23H40N4O11/c1-5-6-9-24-22(35)14(7-8-16(30)31)27-20(33)11(2)25-21(34)12(3)37-19-17(26-13(4)29)23(36)38-15(10-28)18(19)32/h11-12,14-15,17-19,23,28,32,36H,5-10H2,1-4H3,(H,24,35)(H,25,34)(H,26,29)(H,27,33)(H,30,31)/t11-,12+,14+,15+,17+,18+,19+,23+/m0/s1. The van der Waals surface area contributed by atoms with Crippen LogP contribution in [0.25, 0.3) is 0 Å². The van der Waals surface area contributed by atoms with Crippen LogP contribution in [-0.4, -0.2) is 112 Å². The number of amides is 4. The Morgan fingerprint density at radius 1 is 1.03 bits per heavy atom. The molecule has 1 rings (SSSR count). The third-order valence-corrected chi connectivity index (χ3v) is 5.83. The number of carboxylic acid groups (broad SMARTS) is 1. The number of hydrogen-bond donors (Lipinski definition) is 8. The summed E-state index contributed by atoms with van der Waals surface area (Å²) in [6.07, 6.45) is -6.04. The Balaban J connectivity index is 2.83. The second-order valence-electron chi connectivity index (χ2n) is 9.08. The molecular formula is C23H40N4O11. The van der Waals surface area contributed by atoms with Crippen molar-refractivity contribution in [2.45, 2.75) is 102 Å². The third kappa shape index (κ3) is 10.5. The van der Waals surface area contributed by atoms with E-state index in [1.807, 2.05) is 6.92 Å². The first-order valence-electron chi connectivity index (χ1n) is 12.5. The number of aliphatic carboxylic acids is 1. The van der Waals surface area contributed by atoms with Crippen LogP contribution in [0.2, 0.25) is 0 Å². The number of hydrogen-bond acceptors (Lipinski definition) is 10. The Morgan fingerprint density at radius 2 is 1.68 bits per heavy atom. The summed E-state index contributed by atoms with van der Waals surface area (Å²) in [6.45, 7) is 5.44. The van der Waals surface area contributed by atoms with Crippen LogP contribution in [0.5, 0.6) is 0 Å². The molecule has 0 aromatic heterocycles. The summed E-state index contributed by atoms with van der Waals surface area (Å²) >= 11 is 0. The SMILES string of the molecule is CCCCNC(=O)[C@@H](CCC(=O)O)NC(=O)[C@H](C)NC(=O)[C@@H](C)O[C@H]1[C@H](O)[C@@H](CO)O[C@@H](O)[C@@H]1NC(C)=O. The molecule has 0 bridgehead atoms. The molecule has 0 aromatic carbocycles. The summed E-state index contributed by atoms with van der Waals surface area (Å²) in [4.78, 5) is 60.3. The van der Waals surface area contributed by atoms with E-state index in [0.717, 1.165) is 6.42 Å². The Kier molecular flexibility index (Phi) is 14.1. The minimum atomic E-state index is -1.64. The Morgan fingerprint density at radius 3 is 2.24 bits per heavy atom. The Bertz CT molecular complexity index is 827. The molecule has 1 fully saturated rings. The highest BCUT2D eigenvalue weighted by atomic mass is 16.6. The summed E-state index contributed by atoms with van der Waals surface area (Å²) < 4.78 is 10.7. The van der Waals surface area contributed by atoms with E-state index < -0.39 is 85.0 Å². The van der Waals surface area contributed by atoms with Gasteiger partial charge in [-0.1, -0.05) is 13.3 Å². The fourth-order valence-corrected chi connectivity index (χ4v) is 3.67. The molecule has 1 heterocycles. The zero-order valence-electron chi connectivity index (χ0n) is 22.0. The van der Waals surface area contributed by atoms with Crippen molar-refractivity contribution in [2.75, 3.05) is 13.2 Å². The monoisotopic (exact) mass is 548 g/mol. The lowest BCUT2D eigenvalue weighted by atomic mass is 9.96. The highest BCUT2D eigenvalue weighted by Gasteiger charge is 2.47. The molecule has 0 spiro atoms. The number of ether oxygens (including phenoxy) is 2. The van der Waals surface area contributed by atoms with Crippen molar-refractivity contribution in [1.29, 1.82) is 0 Å². The Labute approximate surface area is 220 Å². The summed E-state index contributed by atoms with van der Waals surface area (Å²) in [5.41, 5.74) is 0. The van der Waals surface area contributed by atoms with Crippen LogP contribution < -0.4 is 21.3 Å². The average molecular weight is 549 g/mol. The minimum absolute atomic E-state index is 0.153. The number of unbranched alkanes of at least 4 members (excludes halogenated alkanes) is 1. The molecule has 4 amide bonds. The van der Waals surface area contributed by atoms with Gasteiger partial charge in [-0.15, -0.1) is 0 Å². The molecule has 0 radical (unpaired) electrons. The number of aliphatic hydroxyl groups is 3. The van der Waals surface area contributed by atoms with E-state index >= 15 is 0 Å². The van der Waals surface area contributed by atoms with Gasteiger partial charge in [-0.25, -0.2) is 0 Å². The number of carbonyl (C=O) groups excluding carboxylic acids is 4. The first kappa shape index (κ1) is 33.2. The molecule has 1 aliphatic rings. The molecule has 1 aliphatic heterocycles. The van der Waals surface area contributed by atoms with Gasteiger partial charge in [0.15, 0.2) is 6.29 Å².